The van der Waals surface area contributed by atoms with Crippen LogP contribution in [0.5, 0.6) is 11.5 Å². The van der Waals surface area contributed by atoms with Gasteiger partial charge in [0.05, 0.1) is 31.5 Å². The second kappa shape index (κ2) is 9.78. The Morgan fingerprint density at radius 3 is 2.69 bits per heavy atom. The summed E-state index contributed by atoms with van der Waals surface area (Å²) in [6, 6.07) is 5.08. The second-order valence-electron chi connectivity index (χ2n) is 8.36. The van der Waals surface area contributed by atoms with Gasteiger partial charge < -0.3 is 35.5 Å². The lowest BCUT2D eigenvalue weighted by atomic mass is 9.91. The van der Waals surface area contributed by atoms with Crippen LogP contribution in [0.3, 0.4) is 0 Å². The normalized spacial score (nSPS) is 19.9. The molecule has 3 atom stereocenters. The smallest absolute Gasteiger partial charge is 0.424 e. The molecule has 1 aromatic carbocycles. The minimum absolute atomic E-state index is 0.0227. The van der Waals surface area contributed by atoms with Crippen LogP contribution in [0.1, 0.15) is 41.0 Å². The summed E-state index contributed by atoms with van der Waals surface area (Å²) in [7, 11) is 1.34. The first-order valence-electron chi connectivity index (χ1n) is 10.4. The van der Waals surface area contributed by atoms with Crippen molar-refractivity contribution in [2.45, 2.75) is 44.1 Å². The summed E-state index contributed by atoms with van der Waals surface area (Å²) < 4.78 is 57.7. The van der Waals surface area contributed by atoms with Crippen molar-refractivity contribution in [3.63, 3.8) is 0 Å². The van der Waals surface area contributed by atoms with Crippen molar-refractivity contribution in [1.29, 1.82) is 0 Å². The molecule has 0 radical (unpaired) electrons. The van der Waals surface area contributed by atoms with Crippen LogP contribution in [0, 0.1) is 0 Å². The zero-order valence-electron chi connectivity index (χ0n) is 19.1. The average Bonchev–Trinajstić information content (AvgIpc) is 3.09. The summed E-state index contributed by atoms with van der Waals surface area (Å²) in [6.45, 7) is 1.64. The standard InChI is InChI=1S/C22H25ClF3N3O6/c1-11(30)34-8-13-5-4-12(6-15(13)33-3)19(31)28-9-21(32,22(24,25)26)16-7-14-17(18(23)29-16)35-10-20(14,2)27/h4-7,11,30,32H,8-10,27H2,1-3H3,(H,28,31)/t11-,20?,21?/m0/s1. The number of benzene rings is 1. The van der Waals surface area contributed by atoms with Gasteiger partial charge in [-0.05, 0) is 32.0 Å². The summed E-state index contributed by atoms with van der Waals surface area (Å²) in [5, 5.41) is 21.7. The summed E-state index contributed by atoms with van der Waals surface area (Å²) in [5.41, 5.74) is 1.14. The molecule has 0 aliphatic carbocycles. The van der Waals surface area contributed by atoms with Crippen molar-refractivity contribution in [3.8, 4) is 11.5 Å². The molecule has 192 valence electrons. The highest BCUT2D eigenvalue weighted by atomic mass is 35.5. The molecule has 1 aliphatic rings. The van der Waals surface area contributed by atoms with Crippen LogP contribution in [-0.4, -0.2) is 53.8 Å². The minimum atomic E-state index is -5.23. The van der Waals surface area contributed by atoms with Gasteiger partial charge in [-0.1, -0.05) is 17.7 Å². The third-order valence-electron chi connectivity index (χ3n) is 5.49. The Hall–Kier alpha value is -2.64. The number of fused-ring (bicyclic) bond motifs is 1. The Kier molecular flexibility index (Phi) is 7.53. The number of ether oxygens (including phenoxy) is 3. The van der Waals surface area contributed by atoms with Crippen LogP contribution in [0.25, 0.3) is 0 Å². The molecule has 0 bridgehead atoms. The maximum Gasteiger partial charge on any atom is 0.424 e. The Bertz CT molecular complexity index is 1110. The van der Waals surface area contributed by atoms with E-state index in [0.717, 1.165) is 6.07 Å². The molecule has 2 heterocycles. The van der Waals surface area contributed by atoms with Crippen molar-refractivity contribution in [1.82, 2.24) is 10.3 Å². The predicted molar refractivity (Wildman–Crippen MR) is 118 cm³/mol. The Morgan fingerprint density at radius 2 is 2.09 bits per heavy atom. The number of carbonyl (C=O) groups excluding carboxylic acids is 1. The van der Waals surface area contributed by atoms with E-state index in [1.165, 1.54) is 39.2 Å². The number of rotatable bonds is 8. The molecule has 3 rings (SSSR count). The fourth-order valence-electron chi connectivity index (χ4n) is 3.44. The number of nitrogens with two attached hydrogens (primary N) is 1. The molecule has 1 amide bonds. The Labute approximate surface area is 203 Å². The van der Waals surface area contributed by atoms with Crippen LogP contribution in [0.4, 0.5) is 13.2 Å². The first-order chi connectivity index (χ1) is 16.2. The van der Waals surface area contributed by atoms with Gasteiger partial charge in [0.15, 0.2) is 17.2 Å². The number of aliphatic hydroxyl groups is 2. The number of methoxy groups -OCH3 is 1. The number of halogens is 4. The molecular weight excluding hydrogens is 495 g/mol. The summed E-state index contributed by atoms with van der Waals surface area (Å²) >= 11 is 6.01. The second-order valence-corrected chi connectivity index (χ2v) is 8.72. The van der Waals surface area contributed by atoms with Gasteiger partial charge in [-0.2, -0.15) is 13.2 Å². The number of nitrogens with one attached hydrogen (secondary N) is 1. The predicted octanol–water partition coefficient (Wildman–Crippen LogP) is 2.34. The lowest BCUT2D eigenvalue weighted by Gasteiger charge is -2.31. The fraction of sp³-hybridized carbons (Fsp3) is 0.455. The SMILES string of the molecule is COc1cc(C(=O)NCC(O)(c2cc3c(c(Cl)n2)OCC3(C)N)C(F)(F)F)ccc1CO[C@@H](C)O. The van der Waals surface area contributed by atoms with Crippen molar-refractivity contribution in [2.75, 3.05) is 20.3 Å². The van der Waals surface area contributed by atoms with Gasteiger partial charge in [0.1, 0.15) is 12.4 Å². The van der Waals surface area contributed by atoms with Crippen LogP contribution < -0.4 is 20.5 Å². The number of hydrogen-bond donors (Lipinski definition) is 4. The number of hydrogen-bond acceptors (Lipinski definition) is 8. The minimum Gasteiger partial charge on any atom is -0.496 e. The van der Waals surface area contributed by atoms with Crippen molar-refractivity contribution >= 4 is 17.5 Å². The van der Waals surface area contributed by atoms with E-state index in [2.05, 4.69) is 10.3 Å². The Morgan fingerprint density at radius 1 is 1.40 bits per heavy atom. The third kappa shape index (κ3) is 5.46. The monoisotopic (exact) mass is 519 g/mol. The molecule has 2 aromatic rings. The summed E-state index contributed by atoms with van der Waals surface area (Å²) in [5.74, 6) is -0.646. The molecule has 0 saturated carbocycles. The zero-order valence-corrected chi connectivity index (χ0v) is 19.8. The van der Waals surface area contributed by atoms with E-state index in [9.17, 15) is 28.2 Å². The van der Waals surface area contributed by atoms with E-state index in [-0.39, 0.29) is 41.0 Å². The van der Waals surface area contributed by atoms with Crippen molar-refractivity contribution in [2.24, 2.45) is 5.73 Å². The summed E-state index contributed by atoms with van der Waals surface area (Å²) in [6.07, 6.45) is -6.26. The molecular formula is C22H25ClF3N3O6. The number of aromatic nitrogens is 1. The van der Waals surface area contributed by atoms with Gasteiger partial charge in [0.25, 0.3) is 5.91 Å². The topological polar surface area (TPSA) is 136 Å². The highest BCUT2D eigenvalue weighted by molar-refractivity contribution is 6.31. The third-order valence-corrected chi connectivity index (χ3v) is 5.75. The van der Waals surface area contributed by atoms with Crippen LogP contribution in [-0.2, 0) is 22.5 Å². The van der Waals surface area contributed by atoms with E-state index >= 15 is 0 Å². The number of alkyl halides is 3. The molecule has 9 nitrogen and oxygen atoms in total. The van der Waals surface area contributed by atoms with Crippen molar-refractivity contribution < 1.29 is 42.4 Å². The van der Waals surface area contributed by atoms with Gasteiger partial charge in [-0.15, -0.1) is 0 Å². The number of pyridine rings is 1. The van der Waals surface area contributed by atoms with E-state index in [4.69, 9.17) is 31.5 Å². The fourth-order valence-corrected chi connectivity index (χ4v) is 3.68. The zero-order chi connectivity index (χ0) is 26.2. The highest BCUT2D eigenvalue weighted by Gasteiger charge is 2.57. The molecule has 2 unspecified atom stereocenters. The van der Waals surface area contributed by atoms with Gasteiger partial charge in [0.2, 0.25) is 5.60 Å². The van der Waals surface area contributed by atoms with Gasteiger partial charge in [-0.3, -0.25) is 4.79 Å². The Balaban J connectivity index is 1.87. The molecule has 5 N–H and O–H groups in total. The number of aliphatic hydroxyl groups excluding tert-OH is 1. The van der Waals surface area contributed by atoms with E-state index < -0.39 is 41.8 Å². The largest absolute Gasteiger partial charge is 0.496 e. The lowest BCUT2D eigenvalue weighted by Crippen LogP contribution is -2.51. The van der Waals surface area contributed by atoms with Crippen LogP contribution in [0.2, 0.25) is 5.15 Å². The van der Waals surface area contributed by atoms with E-state index in [1.54, 1.807) is 0 Å². The van der Waals surface area contributed by atoms with Crippen LogP contribution in [0.15, 0.2) is 24.3 Å². The van der Waals surface area contributed by atoms with Gasteiger partial charge >= 0.3 is 6.18 Å². The lowest BCUT2D eigenvalue weighted by molar-refractivity contribution is -0.265. The molecule has 0 fully saturated rings. The molecule has 35 heavy (non-hydrogen) atoms. The molecule has 1 aliphatic heterocycles. The van der Waals surface area contributed by atoms with Gasteiger partial charge in [-0.25, -0.2) is 4.98 Å². The maximum atomic E-state index is 14.0. The number of nitrogens with zero attached hydrogens (tertiary/aromatic N) is 1. The number of amides is 1. The first kappa shape index (κ1) is 27.0. The highest BCUT2D eigenvalue weighted by Crippen LogP contribution is 2.44. The van der Waals surface area contributed by atoms with Gasteiger partial charge in [0, 0.05) is 16.7 Å². The average molecular weight is 520 g/mol. The van der Waals surface area contributed by atoms with Crippen molar-refractivity contribution in [3.05, 3.63) is 51.8 Å². The molecule has 0 saturated heterocycles. The van der Waals surface area contributed by atoms with E-state index in [1.807, 2.05) is 0 Å². The van der Waals surface area contributed by atoms with E-state index in [0.29, 0.717) is 5.56 Å². The molecule has 13 heteroatoms. The number of carbonyl (C=O) groups is 1. The maximum absolute atomic E-state index is 14.0. The first-order valence-corrected chi connectivity index (χ1v) is 10.7. The molecule has 0 spiro atoms. The molecule has 1 aromatic heterocycles. The quantitative estimate of drug-likeness (QED) is 0.308. The summed E-state index contributed by atoms with van der Waals surface area (Å²) in [4.78, 5) is 16.3. The van der Waals surface area contributed by atoms with Crippen LogP contribution >= 0.6 is 11.6 Å².